The molecule has 0 saturated carbocycles. The summed E-state index contributed by atoms with van der Waals surface area (Å²) < 4.78 is 28.2. The molecule has 0 radical (unpaired) electrons. The van der Waals surface area contributed by atoms with Crippen LogP contribution in [0.25, 0.3) is 0 Å². The van der Waals surface area contributed by atoms with Crippen molar-refractivity contribution >= 4 is 15.8 Å². The first-order valence-electron chi connectivity index (χ1n) is 5.58. The maximum atomic E-state index is 12.2. The van der Waals surface area contributed by atoms with E-state index < -0.39 is 10.0 Å². The minimum atomic E-state index is -3.69. The van der Waals surface area contributed by atoms with Crippen molar-refractivity contribution in [3.63, 3.8) is 0 Å². The lowest BCUT2D eigenvalue weighted by molar-refractivity contribution is 0.571. The van der Waals surface area contributed by atoms with E-state index in [9.17, 15) is 8.42 Å². The van der Waals surface area contributed by atoms with Crippen LogP contribution in [0.5, 0.6) is 0 Å². The van der Waals surface area contributed by atoms with E-state index >= 15 is 0 Å². The van der Waals surface area contributed by atoms with Crippen LogP contribution in [0, 0.1) is 6.92 Å². The number of anilines is 1. The van der Waals surface area contributed by atoms with E-state index in [1.807, 2.05) is 6.92 Å². The third-order valence-corrected chi connectivity index (χ3v) is 4.28. The highest BCUT2D eigenvalue weighted by Gasteiger charge is 2.22. The molecule has 0 fully saturated rings. The summed E-state index contributed by atoms with van der Waals surface area (Å²) in [4.78, 5) is 7.72. The third-order valence-electron chi connectivity index (χ3n) is 2.75. The molecule has 8 heteroatoms. The molecule has 0 aliphatic heterocycles. The van der Waals surface area contributed by atoms with Gasteiger partial charge in [-0.15, -0.1) is 0 Å². The van der Waals surface area contributed by atoms with Crippen molar-refractivity contribution < 1.29 is 8.42 Å². The molecule has 2 heterocycles. The van der Waals surface area contributed by atoms with Crippen molar-refractivity contribution in [2.24, 2.45) is 7.05 Å². The van der Waals surface area contributed by atoms with Crippen LogP contribution in [-0.4, -0.2) is 23.0 Å². The average molecular weight is 281 g/mol. The van der Waals surface area contributed by atoms with E-state index in [4.69, 9.17) is 5.73 Å². The number of pyridine rings is 1. The smallest absolute Gasteiger partial charge is 0.260 e. The first kappa shape index (κ1) is 13.5. The fourth-order valence-electron chi connectivity index (χ4n) is 1.71. The van der Waals surface area contributed by atoms with Crippen LogP contribution >= 0.6 is 0 Å². The van der Waals surface area contributed by atoms with Gasteiger partial charge in [-0.05, 0) is 24.1 Å². The highest BCUT2D eigenvalue weighted by atomic mass is 32.2. The van der Waals surface area contributed by atoms with E-state index in [0.29, 0.717) is 0 Å². The number of imidazole rings is 1. The summed E-state index contributed by atoms with van der Waals surface area (Å²) in [6.07, 6.45) is 4.67. The van der Waals surface area contributed by atoms with Crippen LogP contribution in [0.2, 0.25) is 0 Å². The number of nitrogens with one attached hydrogen (secondary N) is 1. The minimum absolute atomic E-state index is 0.0125. The quantitative estimate of drug-likeness (QED) is 0.832. The lowest BCUT2D eigenvalue weighted by atomic mass is 10.2. The molecule has 19 heavy (non-hydrogen) atoms. The van der Waals surface area contributed by atoms with Gasteiger partial charge in [0.05, 0.1) is 6.33 Å². The molecule has 2 aromatic rings. The van der Waals surface area contributed by atoms with E-state index in [1.54, 1.807) is 25.5 Å². The third kappa shape index (κ3) is 2.74. The van der Waals surface area contributed by atoms with Crippen molar-refractivity contribution in [1.82, 2.24) is 19.3 Å². The normalized spacial score (nSPS) is 11.7. The van der Waals surface area contributed by atoms with Gasteiger partial charge in [0.15, 0.2) is 10.8 Å². The van der Waals surface area contributed by atoms with Crippen molar-refractivity contribution in [2.75, 3.05) is 5.73 Å². The Morgan fingerprint density at radius 3 is 2.79 bits per heavy atom. The average Bonchev–Trinajstić information content (AvgIpc) is 2.69. The minimum Gasteiger partial charge on any atom is -0.381 e. The maximum Gasteiger partial charge on any atom is 0.260 e. The number of sulfonamides is 1. The molecule has 0 aliphatic rings. The summed E-state index contributed by atoms with van der Waals surface area (Å²) in [7, 11) is -2.11. The number of rotatable bonds is 4. The molecule has 3 N–H and O–H groups in total. The second kappa shape index (κ2) is 4.98. The number of aryl methyl sites for hydroxylation is 2. The van der Waals surface area contributed by atoms with E-state index in [2.05, 4.69) is 14.7 Å². The van der Waals surface area contributed by atoms with Gasteiger partial charge in [-0.1, -0.05) is 0 Å². The maximum absolute atomic E-state index is 12.2. The fraction of sp³-hybridized carbons (Fsp3) is 0.273. The molecule has 0 saturated heterocycles. The number of aromatic nitrogens is 3. The molecule has 0 spiro atoms. The monoisotopic (exact) mass is 281 g/mol. The number of nitrogen functional groups attached to an aromatic ring is 1. The van der Waals surface area contributed by atoms with Crippen molar-refractivity contribution in [3.05, 3.63) is 35.9 Å². The van der Waals surface area contributed by atoms with E-state index in [0.717, 1.165) is 11.1 Å². The molecule has 0 bridgehead atoms. The Hall–Kier alpha value is -1.93. The summed E-state index contributed by atoms with van der Waals surface area (Å²) in [5, 5.41) is -0.0285. The van der Waals surface area contributed by atoms with Crippen LogP contribution in [-0.2, 0) is 23.6 Å². The molecular formula is C11H15N5O2S. The highest BCUT2D eigenvalue weighted by molar-refractivity contribution is 7.89. The van der Waals surface area contributed by atoms with Crippen LogP contribution in [0.1, 0.15) is 11.1 Å². The Balaban J connectivity index is 2.22. The Morgan fingerprint density at radius 1 is 1.47 bits per heavy atom. The summed E-state index contributed by atoms with van der Waals surface area (Å²) in [5.41, 5.74) is 7.35. The Kier molecular flexibility index (Phi) is 3.54. The largest absolute Gasteiger partial charge is 0.381 e. The molecule has 7 nitrogen and oxygen atoms in total. The fourth-order valence-corrected chi connectivity index (χ4v) is 2.94. The standard InChI is InChI=1S/C11H15N5O2S/c1-8-5-13-4-3-9(8)6-15-19(17,18)11-10(12)14-7-16(11)2/h3-5,7,15H,6,12H2,1-2H3. The molecule has 2 aromatic heterocycles. The predicted octanol–water partition coefficient (Wildman–Crippen LogP) is 0.184. The second-order valence-electron chi connectivity index (χ2n) is 4.17. The molecule has 102 valence electrons. The van der Waals surface area contributed by atoms with Gasteiger partial charge in [0.25, 0.3) is 10.0 Å². The zero-order chi connectivity index (χ0) is 14.0. The summed E-state index contributed by atoms with van der Waals surface area (Å²) >= 11 is 0. The zero-order valence-corrected chi connectivity index (χ0v) is 11.5. The topological polar surface area (TPSA) is 103 Å². The Bertz CT molecular complexity index is 673. The summed E-state index contributed by atoms with van der Waals surface area (Å²) in [6, 6.07) is 1.77. The van der Waals surface area contributed by atoms with Crippen molar-refractivity contribution in [1.29, 1.82) is 0 Å². The predicted molar refractivity (Wildman–Crippen MR) is 70.6 cm³/mol. The van der Waals surface area contributed by atoms with Gasteiger partial charge in [-0.3, -0.25) is 4.98 Å². The van der Waals surface area contributed by atoms with Gasteiger partial charge >= 0.3 is 0 Å². The Labute approximate surface area is 111 Å². The van der Waals surface area contributed by atoms with E-state index in [1.165, 1.54) is 10.9 Å². The van der Waals surface area contributed by atoms with Gasteiger partial charge in [0, 0.05) is 26.0 Å². The van der Waals surface area contributed by atoms with Gasteiger partial charge < -0.3 is 10.3 Å². The number of nitrogens with two attached hydrogens (primary N) is 1. The number of hydrogen-bond donors (Lipinski definition) is 2. The first-order chi connectivity index (χ1) is 8.92. The lowest BCUT2D eigenvalue weighted by Crippen LogP contribution is -2.26. The van der Waals surface area contributed by atoms with Crippen LogP contribution in [0.3, 0.4) is 0 Å². The molecule has 0 amide bonds. The van der Waals surface area contributed by atoms with Crippen LogP contribution < -0.4 is 10.5 Å². The van der Waals surface area contributed by atoms with Crippen molar-refractivity contribution in [2.45, 2.75) is 18.5 Å². The van der Waals surface area contributed by atoms with Gasteiger partial charge in [-0.25, -0.2) is 18.1 Å². The van der Waals surface area contributed by atoms with Crippen LogP contribution in [0.15, 0.2) is 29.8 Å². The molecular weight excluding hydrogens is 266 g/mol. The van der Waals surface area contributed by atoms with Gasteiger partial charge in [0.1, 0.15) is 0 Å². The van der Waals surface area contributed by atoms with Crippen molar-refractivity contribution in [3.8, 4) is 0 Å². The van der Waals surface area contributed by atoms with Gasteiger partial charge in [-0.2, -0.15) is 0 Å². The van der Waals surface area contributed by atoms with Gasteiger partial charge in [0.2, 0.25) is 0 Å². The van der Waals surface area contributed by atoms with E-state index in [-0.39, 0.29) is 17.4 Å². The second-order valence-corrected chi connectivity index (χ2v) is 5.85. The SMILES string of the molecule is Cc1cnccc1CNS(=O)(=O)c1c(N)ncn1C. The number of nitrogens with zero attached hydrogens (tertiary/aromatic N) is 3. The summed E-state index contributed by atoms with van der Waals surface area (Å²) in [5.74, 6) is -0.0125. The highest BCUT2D eigenvalue weighted by Crippen LogP contribution is 2.15. The summed E-state index contributed by atoms with van der Waals surface area (Å²) in [6.45, 7) is 2.05. The van der Waals surface area contributed by atoms with Crippen LogP contribution in [0.4, 0.5) is 5.82 Å². The zero-order valence-electron chi connectivity index (χ0n) is 10.7. The molecule has 0 unspecified atom stereocenters. The first-order valence-corrected chi connectivity index (χ1v) is 7.06. The molecule has 0 atom stereocenters. The Morgan fingerprint density at radius 2 is 2.21 bits per heavy atom. The molecule has 0 aliphatic carbocycles. The number of hydrogen-bond acceptors (Lipinski definition) is 5. The lowest BCUT2D eigenvalue weighted by Gasteiger charge is -2.09. The molecule has 0 aromatic carbocycles. The molecule has 2 rings (SSSR count).